The molecule has 0 aliphatic rings. The van der Waals surface area contributed by atoms with E-state index in [0.29, 0.717) is 18.8 Å². The molecule has 0 aromatic heterocycles. The second-order valence-electron chi connectivity index (χ2n) is 3.65. The van der Waals surface area contributed by atoms with Gasteiger partial charge in [-0.3, -0.25) is 4.79 Å². The molecule has 0 N–H and O–H groups in total. The van der Waals surface area contributed by atoms with Gasteiger partial charge in [-0.2, -0.15) is 0 Å². The molecule has 0 atom stereocenters. The molecule has 0 amide bonds. The van der Waals surface area contributed by atoms with E-state index >= 15 is 0 Å². The highest BCUT2D eigenvalue weighted by atomic mass is 16.5. The molecule has 0 aliphatic carbocycles. The van der Waals surface area contributed by atoms with Crippen LogP contribution in [0.1, 0.15) is 18.9 Å². The molecule has 92 valence electrons. The molecule has 17 heavy (non-hydrogen) atoms. The average Bonchev–Trinajstić information content (AvgIpc) is 2.38. The minimum absolute atomic E-state index is 0.364. The van der Waals surface area contributed by atoms with Gasteiger partial charge in [-0.05, 0) is 24.1 Å². The first-order valence-electron chi connectivity index (χ1n) is 5.65. The van der Waals surface area contributed by atoms with Crippen LogP contribution in [-0.4, -0.2) is 20.0 Å². The maximum absolute atomic E-state index is 10.7. The Morgan fingerprint density at radius 2 is 2.00 bits per heavy atom. The Balaban J connectivity index is 2.39. The van der Waals surface area contributed by atoms with Crippen molar-refractivity contribution in [3.63, 3.8) is 0 Å². The van der Waals surface area contributed by atoms with Crippen molar-refractivity contribution < 1.29 is 14.3 Å². The molecule has 0 bridgehead atoms. The number of carbonyl (C=O) groups excluding carboxylic acids is 1. The lowest BCUT2D eigenvalue weighted by molar-refractivity contribution is -0.105. The number of aldehydes is 1. The van der Waals surface area contributed by atoms with E-state index in [2.05, 4.69) is 0 Å². The summed E-state index contributed by atoms with van der Waals surface area (Å²) in [6.07, 6.45) is 3.57. The number of methoxy groups -OCH3 is 1. The summed E-state index contributed by atoms with van der Waals surface area (Å²) < 4.78 is 10.5. The Labute approximate surface area is 102 Å². The van der Waals surface area contributed by atoms with Crippen LogP contribution in [-0.2, 0) is 16.1 Å². The van der Waals surface area contributed by atoms with Crippen molar-refractivity contribution in [1.29, 1.82) is 0 Å². The topological polar surface area (TPSA) is 35.5 Å². The van der Waals surface area contributed by atoms with Crippen molar-refractivity contribution in [3.8, 4) is 5.75 Å². The zero-order valence-corrected chi connectivity index (χ0v) is 10.3. The van der Waals surface area contributed by atoms with Gasteiger partial charge in [0.1, 0.15) is 12.0 Å². The Hall–Kier alpha value is -1.61. The Kier molecular flexibility index (Phi) is 6.04. The average molecular weight is 234 g/mol. The number of rotatable bonds is 7. The lowest BCUT2D eigenvalue weighted by Crippen LogP contribution is -2.00. The highest BCUT2D eigenvalue weighted by Gasteiger charge is 1.97. The van der Waals surface area contributed by atoms with Crippen LogP contribution < -0.4 is 4.74 Å². The van der Waals surface area contributed by atoms with Crippen LogP contribution in [0.3, 0.4) is 0 Å². The molecule has 1 rings (SSSR count). The van der Waals surface area contributed by atoms with Gasteiger partial charge in [-0.1, -0.05) is 25.1 Å². The molecule has 0 heterocycles. The lowest BCUT2D eigenvalue weighted by atomic mass is 10.2. The summed E-state index contributed by atoms with van der Waals surface area (Å²) in [5, 5.41) is 0. The van der Waals surface area contributed by atoms with E-state index in [4.69, 9.17) is 9.47 Å². The minimum Gasteiger partial charge on any atom is -0.497 e. The van der Waals surface area contributed by atoms with Crippen LogP contribution >= 0.6 is 0 Å². The van der Waals surface area contributed by atoms with Gasteiger partial charge in [0.25, 0.3) is 0 Å². The van der Waals surface area contributed by atoms with Crippen LogP contribution in [0.2, 0.25) is 0 Å². The predicted molar refractivity (Wildman–Crippen MR) is 67.1 cm³/mol. The second-order valence-corrected chi connectivity index (χ2v) is 3.65. The van der Waals surface area contributed by atoms with Crippen molar-refractivity contribution >= 4 is 6.29 Å². The second kappa shape index (κ2) is 7.63. The van der Waals surface area contributed by atoms with Gasteiger partial charge >= 0.3 is 0 Å². The van der Waals surface area contributed by atoms with Crippen LogP contribution in [0.15, 0.2) is 35.9 Å². The van der Waals surface area contributed by atoms with E-state index in [-0.39, 0.29) is 0 Å². The monoisotopic (exact) mass is 234 g/mol. The first kappa shape index (κ1) is 13.5. The molecule has 0 radical (unpaired) electrons. The number of benzene rings is 1. The minimum atomic E-state index is 0.364. The molecule has 0 saturated carbocycles. The summed E-state index contributed by atoms with van der Waals surface area (Å²) in [7, 11) is 1.64. The van der Waals surface area contributed by atoms with Gasteiger partial charge in [0.05, 0.1) is 20.3 Å². The van der Waals surface area contributed by atoms with Crippen molar-refractivity contribution in [1.82, 2.24) is 0 Å². The molecular weight excluding hydrogens is 216 g/mol. The maximum Gasteiger partial charge on any atom is 0.148 e. The Morgan fingerprint density at radius 3 is 2.53 bits per heavy atom. The number of ether oxygens (including phenoxy) is 2. The van der Waals surface area contributed by atoms with E-state index in [1.807, 2.05) is 37.3 Å². The third-order valence-electron chi connectivity index (χ3n) is 2.31. The summed E-state index contributed by atoms with van der Waals surface area (Å²) in [6, 6.07) is 7.67. The fourth-order valence-electron chi connectivity index (χ4n) is 1.41. The number of hydrogen-bond acceptors (Lipinski definition) is 3. The number of allylic oxidation sites excluding steroid dienone is 1. The zero-order valence-electron chi connectivity index (χ0n) is 10.3. The first-order valence-corrected chi connectivity index (χ1v) is 5.65. The SMILES string of the molecule is CC/C=C(/C=O)COCc1ccc(OC)cc1. The number of carbonyl (C=O) groups is 1. The Bertz CT molecular complexity index is 366. The first-order chi connectivity index (χ1) is 8.30. The van der Waals surface area contributed by atoms with Crippen molar-refractivity contribution in [3.05, 3.63) is 41.5 Å². The highest BCUT2D eigenvalue weighted by Crippen LogP contribution is 2.12. The molecule has 1 aromatic rings. The summed E-state index contributed by atoms with van der Waals surface area (Å²) in [6.45, 7) is 2.86. The molecule has 0 aliphatic heterocycles. The van der Waals surface area contributed by atoms with E-state index in [9.17, 15) is 4.79 Å². The van der Waals surface area contributed by atoms with Crippen molar-refractivity contribution in [2.75, 3.05) is 13.7 Å². The van der Waals surface area contributed by atoms with E-state index < -0.39 is 0 Å². The lowest BCUT2D eigenvalue weighted by Gasteiger charge is -2.05. The van der Waals surface area contributed by atoms with Crippen LogP contribution in [0, 0.1) is 0 Å². The van der Waals surface area contributed by atoms with Gasteiger partial charge in [-0.25, -0.2) is 0 Å². The normalized spacial score (nSPS) is 11.3. The molecule has 1 aromatic carbocycles. The molecule has 0 unspecified atom stereocenters. The largest absolute Gasteiger partial charge is 0.497 e. The fourth-order valence-corrected chi connectivity index (χ4v) is 1.41. The number of hydrogen-bond donors (Lipinski definition) is 0. The smallest absolute Gasteiger partial charge is 0.148 e. The standard InChI is InChI=1S/C14H18O3/c1-3-4-13(9-15)11-17-10-12-5-7-14(16-2)8-6-12/h4-9H,3,10-11H2,1-2H3/b13-4-. The van der Waals surface area contributed by atoms with Gasteiger partial charge in [0.2, 0.25) is 0 Å². The molecular formula is C14H18O3. The summed E-state index contributed by atoms with van der Waals surface area (Å²) in [5.41, 5.74) is 1.76. The van der Waals surface area contributed by atoms with Crippen molar-refractivity contribution in [2.45, 2.75) is 20.0 Å². The molecule has 0 fully saturated rings. The summed E-state index contributed by atoms with van der Waals surface area (Å²) >= 11 is 0. The zero-order chi connectivity index (χ0) is 12.5. The van der Waals surface area contributed by atoms with Crippen LogP contribution in [0.5, 0.6) is 5.75 Å². The maximum atomic E-state index is 10.7. The summed E-state index contributed by atoms with van der Waals surface area (Å²) in [5.74, 6) is 0.827. The van der Waals surface area contributed by atoms with Gasteiger partial charge in [0.15, 0.2) is 0 Å². The van der Waals surface area contributed by atoms with Gasteiger partial charge in [0, 0.05) is 5.57 Å². The summed E-state index contributed by atoms with van der Waals surface area (Å²) in [4.78, 5) is 10.7. The third-order valence-corrected chi connectivity index (χ3v) is 2.31. The molecule has 3 heteroatoms. The van der Waals surface area contributed by atoms with Crippen molar-refractivity contribution in [2.24, 2.45) is 0 Å². The molecule has 0 saturated heterocycles. The molecule has 3 nitrogen and oxygen atoms in total. The fraction of sp³-hybridized carbons (Fsp3) is 0.357. The van der Waals surface area contributed by atoms with Crippen LogP contribution in [0.25, 0.3) is 0 Å². The van der Waals surface area contributed by atoms with Gasteiger partial charge < -0.3 is 9.47 Å². The predicted octanol–water partition coefficient (Wildman–Crippen LogP) is 2.75. The van der Waals surface area contributed by atoms with Gasteiger partial charge in [-0.15, -0.1) is 0 Å². The highest BCUT2D eigenvalue weighted by molar-refractivity contribution is 5.73. The van der Waals surface area contributed by atoms with Crippen LogP contribution in [0.4, 0.5) is 0 Å². The van der Waals surface area contributed by atoms with E-state index in [0.717, 1.165) is 24.0 Å². The quantitative estimate of drug-likeness (QED) is 0.537. The third kappa shape index (κ3) is 4.83. The van der Waals surface area contributed by atoms with E-state index in [1.54, 1.807) is 7.11 Å². The molecule has 0 spiro atoms. The Morgan fingerprint density at radius 1 is 1.29 bits per heavy atom. The van der Waals surface area contributed by atoms with E-state index in [1.165, 1.54) is 0 Å².